The van der Waals surface area contributed by atoms with E-state index in [9.17, 15) is 9.90 Å². The number of amides is 1. The highest BCUT2D eigenvalue weighted by Gasteiger charge is 2.46. The lowest BCUT2D eigenvalue weighted by Crippen LogP contribution is -2.63. The van der Waals surface area contributed by atoms with Crippen LogP contribution in [0.3, 0.4) is 0 Å². The minimum Gasteiger partial charge on any atom is -0.388 e. The van der Waals surface area contributed by atoms with Crippen LogP contribution >= 0.6 is 0 Å². The number of piperidine rings is 1. The quantitative estimate of drug-likeness (QED) is 0.796. The maximum Gasteiger partial charge on any atom is 0.223 e. The summed E-state index contributed by atoms with van der Waals surface area (Å²) in [6, 6.07) is 10.1. The molecule has 0 spiro atoms. The fraction of sp³-hybridized carbons (Fsp3) is 0.696. The monoisotopic (exact) mass is 372 g/mol. The highest BCUT2D eigenvalue weighted by atomic mass is 16.3. The summed E-state index contributed by atoms with van der Waals surface area (Å²) in [6.45, 7) is 8.23. The number of rotatable bonds is 6. The zero-order valence-corrected chi connectivity index (χ0v) is 17.2. The van der Waals surface area contributed by atoms with Gasteiger partial charge >= 0.3 is 0 Å². The van der Waals surface area contributed by atoms with Crippen LogP contribution in [0.5, 0.6) is 0 Å². The number of carbonyl (C=O) groups excluding carboxylic acids is 1. The first-order chi connectivity index (χ1) is 12.9. The predicted molar refractivity (Wildman–Crippen MR) is 109 cm³/mol. The van der Waals surface area contributed by atoms with Gasteiger partial charge in [-0.1, -0.05) is 57.0 Å². The van der Waals surface area contributed by atoms with Crippen molar-refractivity contribution in [3.05, 3.63) is 35.9 Å². The zero-order valence-electron chi connectivity index (χ0n) is 17.2. The SMILES string of the molecule is CC(C)CCN1CCC(C)(O)C(NC(=O)C2CCCC2)C1c1ccccc1. The fourth-order valence-electron chi connectivity index (χ4n) is 4.64. The number of aliphatic hydroxyl groups is 1. The standard InChI is InChI=1S/C23H36N2O2/c1-17(2)13-15-25-16-14-23(3,27)21(20(25)18-9-5-4-6-10-18)24-22(26)19-11-7-8-12-19/h4-6,9-10,17,19-21,27H,7-8,11-16H2,1-3H3,(H,24,26). The summed E-state index contributed by atoms with van der Waals surface area (Å²) in [5.41, 5.74) is 0.279. The van der Waals surface area contributed by atoms with Crippen LogP contribution in [0.25, 0.3) is 0 Å². The summed E-state index contributed by atoms with van der Waals surface area (Å²) in [5.74, 6) is 0.878. The molecule has 1 saturated carbocycles. The van der Waals surface area contributed by atoms with Gasteiger partial charge in [0.05, 0.1) is 17.7 Å². The van der Waals surface area contributed by atoms with Gasteiger partial charge in [-0.25, -0.2) is 0 Å². The Morgan fingerprint density at radius 3 is 2.56 bits per heavy atom. The van der Waals surface area contributed by atoms with Gasteiger partial charge in [-0.3, -0.25) is 9.69 Å². The Morgan fingerprint density at radius 2 is 1.93 bits per heavy atom. The fourth-order valence-corrected chi connectivity index (χ4v) is 4.64. The Labute approximate surface area is 164 Å². The van der Waals surface area contributed by atoms with Crippen LogP contribution in [0.1, 0.15) is 70.9 Å². The largest absolute Gasteiger partial charge is 0.388 e. The Balaban J connectivity index is 1.86. The molecular formula is C23H36N2O2. The van der Waals surface area contributed by atoms with Gasteiger partial charge in [-0.05, 0) is 50.6 Å². The summed E-state index contributed by atoms with van der Waals surface area (Å²) >= 11 is 0. The molecule has 0 bridgehead atoms. The average Bonchev–Trinajstić information content (AvgIpc) is 3.17. The van der Waals surface area contributed by atoms with E-state index < -0.39 is 5.60 Å². The minimum atomic E-state index is -0.900. The third kappa shape index (κ3) is 4.91. The van der Waals surface area contributed by atoms with Crippen molar-refractivity contribution in [2.24, 2.45) is 11.8 Å². The molecule has 2 fully saturated rings. The molecule has 27 heavy (non-hydrogen) atoms. The van der Waals surface area contributed by atoms with Crippen LogP contribution < -0.4 is 5.32 Å². The normalized spacial score (nSPS) is 30.0. The Kier molecular flexibility index (Phi) is 6.59. The average molecular weight is 373 g/mol. The molecule has 1 aliphatic carbocycles. The summed E-state index contributed by atoms with van der Waals surface area (Å²) in [5, 5.41) is 14.5. The van der Waals surface area contributed by atoms with Crippen molar-refractivity contribution >= 4 is 5.91 Å². The van der Waals surface area contributed by atoms with E-state index in [0.29, 0.717) is 12.3 Å². The van der Waals surface area contributed by atoms with Crippen LogP contribution in [-0.4, -0.2) is 40.6 Å². The molecule has 1 aliphatic heterocycles. The third-order valence-corrected chi connectivity index (χ3v) is 6.44. The van der Waals surface area contributed by atoms with Crippen molar-refractivity contribution < 1.29 is 9.90 Å². The van der Waals surface area contributed by atoms with Crippen molar-refractivity contribution in [2.75, 3.05) is 13.1 Å². The van der Waals surface area contributed by atoms with Gasteiger partial charge in [0.25, 0.3) is 0 Å². The van der Waals surface area contributed by atoms with Crippen molar-refractivity contribution in [3.8, 4) is 0 Å². The minimum absolute atomic E-state index is 0.0130. The molecule has 1 aromatic rings. The summed E-state index contributed by atoms with van der Waals surface area (Å²) in [6.07, 6.45) is 6.05. The molecular weight excluding hydrogens is 336 g/mol. The highest BCUT2D eigenvalue weighted by Crippen LogP contribution is 2.38. The van der Waals surface area contributed by atoms with Gasteiger partial charge in [-0.2, -0.15) is 0 Å². The van der Waals surface area contributed by atoms with E-state index >= 15 is 0 Å². The third-order valence-electron chi connectivity index (χ3n) is 6.44. The lowest BCUT2D eigenvalue weighted by atomic mass is 9.79. The molecule has 2 aliphatic rings. The van der Waals surface area contributed by atoms with Crippen LogP contribution in [0, 0.1) is 11.8 Å². The number of hydrogen-bond acceptors (Lipinski definition) is 3. The predicted octanol–water partition coefficient (Wildman–Crippen LogP) is 3.91. The molecule has 3 rings (SSSR count). The Hall–Kier alpha value is -1.39. The van der Waals surface area contributed by atoms with Crippen molar-refractivity contribution in [2.45, 2.75) is 77.0 Å². The molecule has 1 amide bonds. The second kappa shape index (κ2) is 8.74. The molecule has 1 heterocycles. The zero-order chi connectivity index (χ0) is 19.4. The van der Waals surface area contributed by atoms with E-state index in [0.717, 1.165) is 45.2 Å². The van der Waals surface area contributed by atoms with Gasteiger partial charge in [-0.15, -0.1) is 0 Å². The van der Waals surface area contributed by atoms with Gasteiger partial charge < -0.3 is 10.4 Å². The van der Waals surface area contributed by atoms with Crippen molar-refractivity contribution in [1.82, 2.24) is 10.2 Å². The van der Waals surface area contributed by atoms with Crippen molar-refractivity contribution in [3.63, 3.8) is 0 Å². The Bertz CT molecular complexity index is 606. The lowest BCUT2D eigenvalue weighted by Gasteiger charge is -2.49. The number of nitrogens with one attached hydrogen (secondary N) is 1. The number of nitrogens with zero attached hydrogens (tertiary/aromatic N) is 1. The second-order valence-corrected chi connectivity index (χ2v) is 9.15. The summed E-state index contributed by atoms with van der Waals surface area (Å²) < 4.78 is 0. The van der Waals surface area contributed by atoms with Crippen LogP contribution in [0.4, 0.5) is 0 Å². The highest BCUT2D eigenvalue weighted by molar-refractivity contribution is 5.79. The van der Waals surface area contributed by atoms with Crippen molar-refractivity contribution in [1.29, 1.82) is 0 Å². The van der Waals surface area contributed by atoms with Crippen LogP contribution in [-0.2, 0) is 4.79 Å². The summed E-state index contributed by atoms with van der Waals surface area (Å²) in [4.78, 5) is 15.4. The number of hydrogen-bond donors (Lipinski definition) is 2. The molecule has 4 nitrogen and oxygen atoms in total. The molecule has 3 unspecified atom stereocenters. The molecule has 150 valence electrons. The molecule has 1 saturated heterocycles. The number of benzene rings is 1. The first-order valence-corrected chi connectivity index (χ1v) is 10.7. The number of likely N-dealkylation sites (tertiary alicyclic amines) is 1. The number of carbonyl (C=O) groups is 1. The van der Waals surface area contributed by atoms with E-state index in [2.05, 4.69) is 48.3 Å². The first-order valence-electron chi connectivity index (χ1n) is 10.7. The van der Waals surface area contributed by atoms with E-state index in [1.54, 1.807) is 0 Å². The van der Waals surface area contributed by atoms with Gasteiger partial charge in [0.2, 0.25) is 5.91 Å². The Morgan fingerprint density at radius 1 is 1.26 bits per heavy atom. The smallest absolute Gasteiger partial charge is 0.223 e. The maximum atomic E-state index is 12.9. The lowest BCUT2D eigenvalue weighted by molar-refractivity contribution is -0.132. The van der Waals surface area contributed by atoms with Gasteiger partial charge in [0, 0.05) is 12.5 Å². The molecule has 4 heteroatoms. The van der Waals surface area contributed by atoms with E-state index in [-0.39, 0.29) is 23.9 Å². The van der Waals surface area contributed by atoms with E-state index in [1.165, 1.54) is 5.56 Å². The van der Waals surface area contributed by atoms with Crippen LogP contribution in [0.2, 0.25) is 0 Å². The molecule has 2 N–H and O–H groups in total. The van der Waals surface area contributed by atoms with E-state index in [4.69, 9.17) is 0 Å². The molecule has 3 atom stereocenters. The second-order valence-electron chi connectivity index (χ2n) is 9.15. The van der Waals surface area contributed by atoms with Gasteiger partial charge in [0.1, 0.15) is 0 Å². The first kappa shape index (κ1) is 20.3. The van der Waals surface area contributed by atoms with Crippen LogP contribution in [0.15, 0.2) is 30.3 Å². The molecule has 0 aromatic heterocycles. The molecule has 0 radical (unpaired) electrons. The maximum absolute atomic E-state index is 12.9. The van der Waals surface area contributed by atoms with E-state index in [1.807, 2.05) is 13.0 Å². The van der Waals surface area contributed by atoms with Gasteiger partial charge in [0.15, 0.2) is 0 Å². The molecule has 1 aromatic carbocycles. The topological polar surface area (TPSA) is 52.6 Å². The summed E-state index contributed by atoms with van der Waals surface area (Å²) in [7, 11) is 0.